The summed E-state index contributed by atoms with van der Waals surface area (Å²) in [5.41, 5.74) is 0.503. The third kappa shape index (κ3) is 6.31. The van der Waals surface area contributed by atoms with Crippen molar-refractivity contribution < 1.29 is 17.9 Å². The second-order valence-electron chi connectivity index (χ2n) is 5.84. The summed E-state index contributed by atoms with van der Waals surface area (Å²) in [6.07, 6.45) is 5.79. The Bertz CT molecular complexity index is 1190. The number of carbonyl (C=O) groups excluding carboxylic acids is 1. The Labute approximate surface area is 188 Å². The van der Waals surface area contributed by atoms with Crippen molar-refractivity contribution in [1.29, 1.82) is 0 Å². The molecule has 0 spiro atoms. The van der Waals surface area contributed by atoms with Crippen molar-refractivity contribution in [3.8, 4) is 5.88 Å². The van der Waals surface area contributed by atoms with Gasteiger partial charge in [-0.25, -0.2) is 18.4 Å². The molecule has 0 unspecified atom stereocenters. The number of benzene rings is 1. The number of sulfonamides is 1. The average molecular weight is 476 g/mol. The van der Waals surface area contributed by atoms with Crippen molar-refractivity contribution >= 4 is 62.2 Å². The number of nitrogens with one attached hydrogen (secondary N) is 3. The number of hydrogen-bond acceptors (Lipinski definition) is 8. The second-order valence-corrected chi connectivity index (χ2v) is 8.91. The van der Waals surface area contributed by atoms with Crippen molar-refractivity contribution in [2.24, 2.45) is 0 Å². The fourth-order valence-corrected chi connectivity index (χ4v) is 4.15. The van der Waals surface area contributed by atoms with Crippen molar-refractivity contribution in [3.63, 3.8) is 0 Å². The summed E-state index contributed by atoms with van der Waals surface area (Å²) in [6, 6.07) is 9.57. The molecular formula is C19H17N5O4S3. The van der Waals surface area contributed by atoms with E-state index in [0.29, 0.717) is 5.69 Å². The molecule has 160 valence electrons. The van der Waals surface area contributed by atoms with Gasteiger partial charge in [0.05, 0.1) is 12.0 Å². The van der Waals surface area contributed by atoms with Crippen LogP contribution in [-0.4, -0.2) is 36.5 Å². The first-order chi connectivity index (χ1) is 14.9. The van der Waals surface area contributed by atoms with Crippen LogP contribution in [-0.2, 0) is 14.8 Å². The fraction of sp³-hybridized carbons (Fsp3) is 0.0526. The van der Waals surface area contributed by atoms with Crippen LogP contribution in [0.15, 0.2) is 65.1 Å². The quantitative estimate of drug-likeness (QED) is 0.352. The van der Waals surface area contributed by atoms with E-state index >= 15 is 0 Å². The van der Waals surface area contributed by atoms with E-state index in [0.717, 1.165) is 4.88 Å². The lowest BCUT2D eigenvalue weighted by atomic mass is 10.3. The predicted molar refractivity (Wildman–Crippen MR) is 124 cm³/mol. The van der Waals surface area contributed by atoms with Crippen LogP contribution in [0.25, 0.3) is 6.08 Å². The average Bonchev–Trinajstić information content (AvgIpc) is 3.26. The summed E-state index contributed by atoms with van der Waals surface area (Å²) < 4.78 is 32.5. The van der Waals surface area contributed by atoms with E-state index in [4.69, 9.17) is 17.0 Å². The molecule has 3 N–H and O–H groups in total. The third-order valence-corrected chi connectivity index (χ3v) is 6.09. The van der Waals surface area contributed by atoms with Crippen LogP contribution < -0.4 is 20.1 Å². The molecule has 0 aliphatic heterocycles. The lowest BCUT2D eigenvalue weighted by Gasteiger charge is -2.11. The normalized spacial score (nSPS) is 11.1. The summed E-state index contributed by atoms with van der Waals surface area (Å²) in [6.45, 7) is 0. The standard InChI is InChI=1S/C19H17N5O4S3/c1-28-18-17(20-10-11-21-18)24-31(26,27)15-7-4-13(5-8-15)22-19(29)23-16(25)9-6-14-3-2-12-30-14/h2-12H,1H3,(H,20,24)(H2,22,23,25,29)/b9-6+. The maximum absolute atomic E-state index is 12.6. The van der Waals surface area contributed by atoms with Crippen LogP contribution in [0.2, 0.25) is 0 Å². The number of anilines is 2. The predicted octanol–water partition coefficient (Wildman–Crippen LogP) is 2.87. The Kier molecular flexibility index (Phi) is 7.28. The van der Waals surface area contributed by atoms with E-state index in [2.05, 4.69) is 25.3 Å². The van der Waals surface area contributed by atoms with Crippen molar-refractivity contribution in [2.75, 3.05) is 17.1 Å². The Morgan fingerprint density at radius 3 is 2.58 bits per heavy atom. The molecule has 31 heavy (non-hydrogen) atoms. The van der Waals surface area contributed by atoms with Gasteiger partial charge < -0.3 is 10.1 Å². The first-order valence-electron chi connectivity index (χ1n) is 8.69. The molecule has 1 amide bonds. The van der Waals surface area contributed by atoms with Gasteiger partial charge in [0.2, 0.25) is 11.7 Å². The molecule has 12 heteroatoms. The first-order valence-corrected chi connectivity index (χ1v) is 11.5. The molecule has 0 fully saturated rings. The van der Waals surface area contributed by atoms with E-state index < -0.39 is 10.0 Å². The lowest BCUT2D eigenvalue weighted by Crippen LogP contribution is -2.32. The zero-order valence-electron chi connectivity index (χ0n) is 16.1. The molecule has 0 radical (unpaired) electrons. The van der Waals surface area contributed by atoms with Gasteiger partial charge in [0, 0.05) is 29.0 Å². The number of carbonyl (C=O) groups is 1. The second kappa shape index (κ2) is 10.1. The summed E-state index contributed by atoms with van der Waals surface area (Å²) in [4.78, 5) is 20.7. The Balaban J connectivity index is 1.60. The third-order valence-electron chi connectivity index (χ3n) is 3.69. The molecule has 0 bridgehead atoms. The number of rotatable bonds is 7. The highest BCUT2D eigenvalue weighted by Gasteiger charge is 2.18. The van der Waals surface area contributed by atoms with Crippen LogP contribution in [0.3, 0.4) is 0 Å². The van der Waals surface area contributed by atoms with Gasteiger partial charge in [0.25, 0.3) is 15.9 Å². The largest absolute Gasteiger partial charge is 0.478 e. The molecule has 2 heterocycles. The minimum Gasteiger partial charge on any atom is -0.478 e. The monoisotopic (exact) mass is 475 g/mol. The molecule has 9 nitrogen and oxygen atoms in total. The van der Waals surface area contributed by atoms with Crippen molar-refractivity contribution in [1.82, 2.24) is 15.3 Å². The Hall–Kier alpha value is -3.35. The Morgan fingerprint density at radius 2 is 1.90 bits per heavy atom. The SMILES string of the molecule is COc1nccnc1NS(=O)(=O)c1ccc(NC(=S)NC(=O)/C=C/c2cccs2)cc1. The summed E-state index contributed by atoms with van der Waals surface area (Å²) in [7, 11) is -2.55. The smallest absolute Gasteiger partial charge is 0.263 e. The number of aromatic nitrogens is 2. The highest BCUT2D eigenvalue weighted by molar-refractivity contribution is 7.92. The highest BCUT2D eigenvalue weighted by Crippen LogP contribution is 2.22. The van der Waals surface area contributed by atoms with E-state index in [1.807, 2.05) is 17.5 Å². The topological polar surface area (TPSA) is 122 Å². The molecule has 2 aromatic heterocycles. The number of ether oxygens (including phenoxy) is 1. The summed E-state index contributed by atoms with van der Waals surface area (Å²) in [5.74, 6) is -0.350. The van der Waals surface area contributed by atoms with E-state index in [-0.39, 0.29) is 27.6 Å². The van der Waals surface area contributed by atoms with Gasteiger partial charge in [0.1, 0.15) is 0 Å². The number of hydrogen-bond donors (Lipinski definition) is 3. The number of methoxy groups -OCH3 is 1. The minimum absolute atomic E-state index is 0.000378. The molecule has 1 aromatic carbocycles. The van der Waals surface area contributed by atoms with E-state index in [1.54, 1.807) is 6.08 Å². The van der Waals surface area contributed by atoms with Gasteiger partial charge in [0.15, 0.2) is 5.11 Å². The van der Waals surface area contributed by atoms with Gasteiger partial charge in [-0.1, -0.05) is 6.07 Å². The number of nitrogens with zero attached hydrogens (tertiary/aromatic N) is 2. The minimum atomic E-state index is -3.91. The van der Waals surface area contributed by atoms with Crippen LogP contribution in [0, 0.1) is 0 Å². The molecular weight excluding hydrogens is 458 g/mol. The first kappa shape index (κ1) is 22.3. The molecule has 0 aliphatic carbocycles. The molecule has 3 rings (SSSR count). The molecule has 3 aromatic rings. The Morgan fingerprint density at radius 1 is 1.16 bits per heavy atom. The van der Waals surface area contributed by atoms with Crippen molar-refractivity contribution in [3.05, 3.63) is 65.1 Å². The fourth-order valence-electron chi connectivity index (χ4n) is 2.31. The van der Waals surface area contributed by atoms with Crippen LogP contribution in [0.5, 0.6) is 5.88 Å². The van der Waals surface area contributed by atoms with Gasteiger partial charge >= 0.3 is 0 Å². The van der Waals surface area contributed by atoms with Gasteiger partial charge in [-0.3, -0.25) is 14.8 Å². The highest BCUT2D eigenvalue weighted by atomic mass is 32.2. The zero-order chi connectivity index (χ0) is 22.3. The zero-order valence-corrected chi connectivity index (χ0v) is 18.6. The van der Waals surface area contributed by atoms with E-state index in [1.165, 1.54) is 61.2 Å². The number of amides is 1. The van der Waals surface area contributed by atoms with Gasteiger partial charge in [-0.15, -0.1) is 11.3 Å². The maximum Gasteiger partial charge on any atom is 0.263 e. The lowest BCUT2D eigenvalue weighted by molar-refractivity contribution is -0.115. The summed E-state index contributed by atoms with van der Waals surface area (Å²) in [5, 5.41) is 7.34. The van der Waals surface area contributed by atoms with Crippen LogP contribution in [0.4, 0.5) is 11.5 Å². The van der Waals surface area contributed by atoms with E-state index in [9.17, 15) is 13.2 Å². The van der Waals surface area contributed by atoms with Gasteiger partial charge in [-0.2, -0.15) is 0 Å². The van der Waals surface area contributed by atoms with Crippen LogP contribution >= 0.6 is 23.6 Å². The van der Waals surface area contributed by atoms with Gasteiger partial charge in [-0.05, 0) is 54.0 Å². The number of thiocarbonyl (C=S) groups is 1. The van der Waals surface area contributed by atoms with Crippen LogP contribution in [0.1, 0.15) is 4.88 Å². The molecule has 0 saturated carbocycles. The molecule has 0 atom stereocenters. The summed E-state index contributed by atoms with van der Waals surface area (Å²) >= 11 is 6.62. The molecule has 0 aliphatic rings. The molecule has 0 saturated heterocycles. The number of thiophene rings is 1. The van der Waals surface area contributed by atoms with Crippen molar-refractivity contribution in [2.45, 2.75) is 4.90 Å². The maximum atomic E-state index is 12.6.